The number of esters is 1. The van der Waals surface area contributed by atoms with E-state index in [9.17, 15) is 24.3 Å². The zero-order chi connectivity index (χ0) is 24.2. The number of nitrogens with two attached hydrogens (primary N) is 2. The highest BCUT2D eigenvalue weighted by atomic mass is 16.5. The van der Waals surface area contributed by atoms with Gasteiger partial charge in [0.1, 0.15) is 0 Å². The fourth-order valence-electron chi connectivity index (χ4n) is 4.27. The predicted molar refractivity (Wildman–Crippen MR) is 114 cm³/mol. The van der Waals surface area contributed by atoms with E-state index in [-0.39, 0.29) is 0 Å². The number of ketones is 2. The fraction of sp³-hybridized carbons (Fsp3) is 0.818. The molecule has 0 amide bonds. The number of rotatable bonds is 12. The van der Waals surface area contributed by atoms with Crippen molar-refractivity contribution >= 4 is 23.5 Å². The van der Waals surface area contributed by atoms with Gasteiger partial charge in [-0.2, -0.15) is 0 Å². The van der Waals surface area contributed by atoms with Gasteiger partial charge in [-0.1, -0.05) is 25.7 Å². The standard InChI is InChI=1S/C22H36N2O8/c1-19(8-4-5-9-19)31-13-21(23,17(27)28)15(25)12-16(26)22(24,18(29)30-3)14-32-20(2)10-6-7-11-20/h4-14,23-24H2,1-3H3,(H,27,28)/t21-,22-/m1/s1. The molecule has 10 heteroatoms. The topological polar surface area (TPSA) is 168 Å². The van der Waals surface area contributed by atoms with Crippen molar-refractivity contribution in [1.82, 2.24) is 0 Å². The van der Waals surface area contributed by atoms with Crippen LogP contribution in [0.4, 0.5) is 0 Å². The van der Waals surface area contributed by atoms with Crippen molar-refractivity contribution in [2.24, 2.45) is 11.5 Å². The third-order valence-corrected chi connectivity index (χ3v) is 6.87. The third-order valence-electron chi connectivity index (χ3n) is 6.87. The Kier molecular flexibility index (Phi) is 8.20. The van der Waals surface area contributed by atoms with E-state index in [0.29, 0.717) is 0 Å². The molecule has 2 rings (SSSR count). The molecule has 0 aromatic rings. The van der Waals surface area contributed by atoms with Crippen molar-refractivity contribution in [2.75, 3.05) is 20.3 Å². The number of carbonyl (C=O) groups excluding carboxylic acids is 3. The van der Waals surface area contributed by atoms with Crippen LogP contribution >= 0.6 is 0 Å². The number of methoxy groups -OCH3 is 1. The summed E-state index contributed by atoms with van der Waals surface area (Å²) in [4.78, 5) is 50.0. The van der Waals surface area contributed by atoms with Gasteiger partial charge in [-0.25, -0.2) is 9.59 Å². The van der Waals surface area contributed by atoms with Crippen LogP contribution in [0.25, 0.3) is 0 Å². The molecular formula is C22H36N2O8. The maximum absolute atomic E-state index is 13.0. The van der Waals surface area contributed by atoms with Crippen LogP contribution in [-0.4, -0.2) is 71.2 Å². The molecule has 0 radical (unpaired) electrons. The molecule has 0 aromatic carbocycles. The quantitative estimate of drug-likeness (QED) is 0.283. The molecule has 10 nitrogen and oxygen atoms in total. The number of ether oxygens (including phenoxy) is 3. The lowest BCUT2D eigenvalue weighted by atomic mass is 9.86. The number of aliphatic carboxylic acids is 1. The second-order valence-electron chi connectivity index (χ2n) is 9.65. The Balaban J connectivity index is 2.13. The molecule has 0 spiro atoms. The second-order valence-corrected chi connectivity index (χ2v) is 9.65. The molecule has 2 aliphatic rings. The van der Waals surface area contributed by atoms with Crippen LogP contribution < -0.4 is 11.5 Å². The third kappa shape index (κ3) is 5.72. The van der Waals surface area contributed by atoms with Gasteiger partial charge in [-0.3, -0.25) is 9.59 Å². The highest BCUT2D eigenvalue weighted by Crippen LogP contribution is 2.34. The predicted octanol–water partition coefficient (Wildman–Crippen LogP) is 0.866. The lowest BCUT2D eigenvalue weighted by Crippen LogP contribution is -2.64. The Morgan fingerprint density at radius 1 is 0.812 bits per heavy atom. The molecule has 2 aliphatic carbocycles. The van der Waals surface area contributed by atoms with Crippen molar-refractivity contribution in [3.8, 4) is 0 Å². The van der Waals surface area contributed by atoms with E-state index < -0.39 is 65.4 Å². The highest BCUT2D eigenvalue weighted by molar-refractivity contribution is 6.20. The first-order valence-corrected chi connectivity index (χ1v) is 11.0. The first kappa shape index (κ1) is 26.4. The first-order chi connectivity index (χ1) is 14.8. The molecule has 2 atom stereocenters. The minimum atomic E-state index is -2.45. The maximum Gasteiger partial charge on any atom is 0.336 e. The van der Waals surface area contributed by atoms with Crippen molar-refractivity contribution in [1.29, 1.82) is 0 Å². The smallest absolute Gasteiger partial charge is 0.336 e. The summed E-state index contributed by atoms with van der Waals surface area (Å²) in [5, 5.41) is 9.63. The molecule has 32 heavy (non-hydrogen) atoms. The number of carbonyl (C=O) groups is 4. The summed E-state index contributed by atoms with van der Waals surface area (Å²) in [5.41, 5.74) is 6.17. The number of carboxylic acids is 1. The van der Waals surface area contributed by atoms with Gasteiger partial charge in [0.2, 0.25) is 0 Å². The van der Waals surface area contributed by atoms with Crippen LogP contribution in [0, 0.1) is 0 Å². The first-order valence-electron chi connectivity index (χ1n) is 11.0. The van der Waals surface area contributed by atoms with Gasteiger partial charge in [0.25, 0.3) is 0 Å². The lowest BCUT2D eigenvalue weighted by Gasteiger charge is -2.32. The van der Waals surface area contributed by atoms with E-state index in [4.69, 9.17) is 20.9 Å². The lowest BCUT2D eigenvalue weighted by molar-refractivity contribution is -0.158. The van der Waals surface area contributed by atoms with E-state index >= 15 is 0 Å². The summed E-state index contributed by atoms with van der Waals surface area (Å²) >= 11 is 0. The summed E-state index contributed by atoms with van der Waals surface area (Å²) in [6.07, 6.45) is 5.74. The summed E-state index contributed by atoms with van der Waals surface area (Å²) in [6.45, 7) is 2.63. The van der Waals surface area contributed by atoms with Crippen molar-refractivity contribution in [3.05, 3.63) is 0 Å². The molecule has 0 bridgehead atoms. The van der Waals surface area contributed by atoms with Crippen molar-refractivity contribution < 1.29 is 38.5 Å². The maximum atomic E-state index is 13.0. The molecule has 182 valence electrons. The Labute approximate surface area is 188 Å². The Morgan fingerprint density at radius 2 is 1.19 bits per heavy atom. The van der Waals surface area contributed by atoms with E-state index in [1.54, 1.807) is 0 Å². The van der Waals surface area contributed by atoms with Crippen molar-refractivity contribution in [2.45, 2.75) is 93.9 Å². The van der Waals surface area contributed by atoms with E-state index in [1.807, 2.05) is 13.8 Å². The molecule has 2 fully saturated rings. The minimum absolute atomic E-state index is 0.485. The number of Topliss-reactive ketones (excluding diaryl/α,β-unsaturated/α-hetero) is 2. The summed E-state index contributed by atoms with van der Waals surface area (Å²) in [7, 11) is 1.07. The Bertz CT molecular complexity index is 742. The molecule has 0 saturated heterocycles. The van der Waals surface area contributed by atoms with Gasteiger partial charge in [-0.15, -0.1) is 0 Å². The van der Waals surface area contributed by atoms with Gasteiger partial charge in [-0.05, 0) is 39.5 Å². The fourth-order valence-corrected chi connectivity index (χ4v) is 4.27. The summed E-state index contributed by atoms with van der Waals surface area (Å²) in [6, 6.07) is 0. The second kappa shape index (κ2) is 9.94. The van der Waals surface area contributed by atoms with Gasteiger partial charge in [0, 0.05) is 0 Å². The molecule has 2 saturated carbocycles. The molecular weight excluding hydrogens is 420 g/mol. The van der Waals surface area contributed by atoms with E-state index in [0.717, 1.165) is 58.5 Å². The molecule has 0 unspecified atom stereocenters. The average molecular weight is 457 g/mol. The SMILES string of the molecule is COC(=O)[C@@](N)(COC1(C)CCCC1)C(=O)CC(=O)[C@](N)(COC1(C)CCCC1)C(=O)O. The zero-order valence-corrected chi connectivity index (χ0v) is 19.2. The van der Waals surface area contributed by atoms with Gasteiger partial charge < -0.3 is 30.8 Å². The molecule has 5 N–H and O–H groups in total. The average Bonchev–Trinajstić information content (AvgIpc) is 3.38. The van der Waals surface area contributed by atoms with Gasteiger partial charge in [0.05, 0.1) is 37.9 Å². The van der Waals surface area contributed by atoms with E-state index in [1.165, 1.54) is 0 Å². The largest absolute Gasteiger partial charge is 0.479 e. The van der Waals surface area contributed by atoms with Gasteiger partial charge >= 0.3 is 11.9 Å². The number of hydrogen-bond acceptors (Lipinski definition) is 9. The van der Waals surface area contributed by atoms with Crippen LogP contribution in [0.2, 0.25) is 0 Å². The Hall–Kier alpha value is -1.88. The summed E-state index contributed by atoms with van der Waals surface area (Å²) < 4.78 is 16.2. The zero-order valence-electron chi connectivity index (χ0n) is 19.2. The van der Waals surface area contributed by atoms with Crippen LogP contribution in [0.1, 0.15) is 71.6 Å². The summed E-state index contributed by atoms with van der Waals surface area (Å²) in [5.74, 6) is -4.79. The molecule has 0 aromatic heterocycles. The van der Waals surface area contributed by atoms with Crippen LogP contribution in [0.3, 0.4) is 0 Å². The van der Waals surface area contributed by atoms with Gasteiger partial charge in [0.15, 0.2) is 22.6 Å². The van der Waals surface area contributed by atoms with Crippen molar-refractivity contribution in [3.63, 3.8) is 0 Å². The Morgan fingerprint density at radius 3 is 1.56 bits per heavy atom. The molecule has 0 aliphatic heterocycles. The van der Waals surface area contributed by atoms with Crippen LogP contribution in [0.5, 0.6) is 0 Å². The normalized spacial score (nSPS) is 23.2. The highest BCUT2D eigenvalue weighted by Gasteiger charge is 2.50. The van der Waals surface area contributed by atoms with Crippen LogP contribution in [0.15, 0.2) is 0 Å². The number of hydrogen-bond donors (Lipinski definition) is 3. The number of carboxylic acid groups (broad SMARTS) is 1. The molecule has 0 heterocycles. The monoisotopic (exact) mass is 456 g/mol. The van der Waals surface area contributed by atoms with E-state index in [2.05, 4.69) is 4.74 Å². The minimum Gasteiger partial charge on any atom is -0.479 e. The van der Waals surface area contributed by atoms with Crippen LogP contribution in [-0.2, 0) is 33.4 Å².